The minimum Gasteiger partial charge on any atom is -0.450 e. The van der Waals surface area contributed by atoms with Crippen LogP contribution in [0, 0.1) is 13.8 Å². The number of carbonyl (C=O) groups excluding carboxylic acids is 1. The fourth-order valence-corrected chi connectivity index (χ4v) is 4.58. The van der Waals surface area contributed by atoms with Crippen molar-refractivity contribution < 1.29 is 9.21 Å². The predicted octanol–water partition coefficient (Wildman–Crippen LogP) is 4.58. The number of fused-ring (bicyclic) bond motifs is 4. The zero-order valence-electron chi connectivity index (χ0n) is 14.5. The number of aryl methyl sites for hydroxylation is 2. The van der Waals surface area contributed by atoms with Crippen LogP contribution in [0.25, 0.3) is 11.0 Å². The third-order valence-corrected chi connectivity index (χ3v) is 5.97. The van der Waals surface area contributed by atoms with Crippen molar-refractivity contribution >= 4 is 45.2 Å². The molecule has 0 fully saturated rings. The maximum absolute atomic E-state index is 12.8. The lowest BCUT2D eigenvalue weighted by atomic mass is 10.1. The molecule has 0 saturated heterocycles. The van der Waals surface area contributed by atoms with E-state index in [1.807, 2.05) is 50.2 Å². The zero-order chi connectivity index (χ0) is 17.8. The minimum atomic E-state index is -0.223. The van der Waals surface area contributed by atoms with Crippen LogP contribution < -0.4 is 10.2 Å². The zero-order valence-corrected chi connectivity index (χ0v) is 15.3. The number of hydrogen-bond acceptors (Lipinski definition) is 5. The molecular formula is C20H17N3O2S. The molecule has 26 heavy (non-hydrogen) atoms. The molecule has 1 N–H and O–H groups in total. The van der Waals surface area contributed by atoms with E-state index in [4.69, 9.17) is 4.42 Å². The van der Waals surface area contributed by atoms with Gasteiger partial charge in [-0.2, -0.15) is 0 Å². The Morgan fingerprint density at radius 2 is 2.15 bits per heavy atom. The molecule has 3 aromatic rings. The van der Waals surface area contributed by atoms with Crippen LogP contribution in [0.15, 0.2) is 50.7 Å². The van der Waals surface area contributed by atoms with E-state index < -0.39 is 0 Å². The van der Waals surface area contributed by atoms with Crippen LogP contribution in [0.2, 0.25) is 0 Å². The van der Waals surface area contributed by atoms with Gasteiger partial charge in [-0.05, 0) is 49.4 Å². The number of hydrogen-bond donors (Lipinski definition) is 1. The van der Waals surface area contributed by atoms with Gasteiger partial charge >= 0.3 is 0 Å². The van der Waals surface area contributed by atoms with Crippen molar-refractivity contribution in [2.75, 3.05) is 23.3 Å². The fraction of sp³-hybridized carbons (Fsp3) is 0.200. The highest BCUT2D eigenvalue weighted by Gasteiger charge is 2.30. The number of anilines is 2. The first-order valence-corrected chi connectivity index (χ1v) is 9.37. The molecule has 130 valence electrons. The van der Waals surface area contributed by atoms with E-state index in [-0.39, 0.29) is 5.91 Å². The van der Waals surface area contributed by atoms with Gasteiger partial charge in [-0.25, -0.2) is 0 Å². The maximum atomic E-state index is 12.8. The maximum Gasteiger partial charge on any atom is 0.291 e. The number of carbonyl (C=O) groups is 1. The highest BCUT2D eigenvalue weighted by molar-refractivity contribution is 8.14. The number of benzene rings is 2. The van der Waals surface area contributed by atoms with Crippen LogP contribution in [0.3, 0.4) is 0 Å². The number of para-hydroxylation sites is 1. The molecule has 3 heterocycles. The monoisotopic (exact) mass is 363 g/mol. The molecule has 0 unspecified atom stereocenters. The second kappa shape index (κ2) is 5.64. The van der Waals surface area contributed by atoms with Crippen molar-refractivity contribution in [3.63, 3.8) is 0 Å². The Morgan fingerprint density at radius 3 is 3.00 bits per heavy atom. The molecule has 0 atom stereocenters. The van der Waals surface area contributed by atoms with Crippen LogP contribution in [-0.4, -0.2) is 24.2 Å². The second-order valence-corrected chi connectivity index (χ2v) is 7.57. The van der Waals surface area contributed by atoms with Crippen molar-refractivity contribution in [1.29, 1.82) is 0 Å². The van der Waals surface area contributed by atoms with E-state index in [9.17, 15) is 4.79 Å². The number of nitrogens with one attached hydrogen (secondary N) is 1. The summed E-state index contributed by atoms with van der Waals surface area (Å²) in [7, 11) is 0. The summed E-state index contributed by atoms with van der Waals surface area (Å²) in [6.45, 7) is 5.64. The van der Waals surface area contributed by atoms with Gasteiger partial charge in [0.1, 0.15) is 5.58 Å². The average molecular weight is 363 g/mol. The van der Waals surface area contributed by atoms with E-state index in [1.165, 1.54) is 4.90 Å². The smallest absolute Gasteiger partial charge is 0.291 e. The topological polar surface area (TPSA) is 57.8 Å². The highest BCUT2D eigenvalue weighted by atomic mass is 32.2. The molecule has 0 saturated carbocycles. The lowest BCUT2D eigenvalue weighted by Crippen LogP contribution is -2.21. The average Bonchev–Trinajstić information content (AvgIpc) is 3.29. The fourth-order valence-electron chi connectivity index (χ4n) is 3.52. The lowest BCUT2D eigenvalue weighted by molar-refractivity contribution is 0.0998. The molecule has 5 rings (SSSR count). The van der Waals surface area contributed by atoms with Gasteiger partial charge in [0.05, 0.1) is 12.2 Å². The molecule has 0 bridgehead atoms. The third-order valence-electron chi connectivity index (χ3n) is 4.88. The van der Waals surface area contributed by atoms with E-state index >= 15 is 0 Å². The summed E-state index contributed by atoms with van der Waals surface area (Å²) >= 11 is 1.68. The number of amidine groups is 1. The van der Waals surface area contributed by atoms with Gasteiger partial charge < -0.3 is 14.6 Å². The Labute approximate surface area is 155 Å². The molecule has 2 aromatic carbocycles. The van der Waals surface area contributed by atoms with Crippen molar-refractivity contribution in [2.45, 2.75) is 18.7 Å². The van der Waals surface area contributed by atoms with Crippen molar-refractivity contribution in [3.8, 4) is 0 Å². The quantitative estimate of drug-likeness (QED) is 0.724. The summed E-state index contributed by atoms with van der Waals surface area (Å²) in [6, 6.07) is 11.9. The molecule has 1 aromatic heterocycles. The van der Waals surface area contributed by atoms with E-state index in [1.54, 1.807) is 11.8 Å². The number of rotatable bonds is 2. The second-order valence-electron chi connectivity index (χ2n) is 6.56. The SMILES string of the molecule is Cc1c(C(=O)Nc2ccc3c(c2)N2CCN=C2S3)oc2c(C)cccc12. The molecular weight excluding hydrogens is 346 g/mol. The minimum absolute atomic E-state index is 0.223. The summed E-state index contributed by atoms with van der Waals surface area (Å²) in [4.78, 5) is 20.7. The Hall–Kier alpha value is -2.73. The van der Waals surface area contributed by atoms with Crippen LogP contribution >= 0.6 is 11.8 Å². The van der Waals surface area contributed by atoms with Crippen LogP contribution in [0.1, 0.15) is 21.7 Å². The normalized spacial score (nSPS) is 15.2. The molecule has 0 radical (unpaired) electrons. The number of amides is 1. The molecule has 5 nitrogen and oxygen atoms in total. The van der Waals surface area contributed by atoms with Gasteiger partial charge in [0.15, 0.2) is 10.9 Å². The van der Waals surface area contributed by atoms with Crippen LogP contribution in [0.4, 0.5) is 11.4 Å². The molecule has 0 aliphatic carbocycles. The molecule has 2 aliphatic rings. The molecule has 1 amide bonds. The van der Waals surface area contributed by atoms with Gasteiger partial charge in [-0.15, -0.1) is 0 Å². The Balaban J connectivity index is 1.47. The lowest BCUT2D eigenvalue weighted by Gasteiger charge is -2.13. The first-order chi connectivity index (χ1) is 12.6. The van der Waals surface area contributed by atoms with Gasteiger partial charge in [-0.1, -0.05) is 18.2 Å². The summed E-state index contributed by atoms with van der Waals surface area (Å²) in [5, 5.41) is 5.01. The van der Waals surface area contributed by atoms with Crippen molar-refractivity contribution in [3.05, 3.63) is 53.3 Å². The Morgan fingerprint density at radius 1 is 1.27 bits per heavy atom. The summed E-state index contributed by atoms with van der Waals surface area (Å²) < 4.78 is 5.88. The highest BCUT2D eigenvalue weighted by Crippen LogP contribution is 2.43. The van der Waals surface area contributed by atoms with E-state index in [2.05, 4.69) is 15.2 Å². The number of nitrogens with zero attached hydrogens (tertiary/aromatic N) is 2. The van der Waals surface area contributed by atoms with Crippen molar-refractivity contribution in [1.82, 2.24) is 0 Å². The predicted molar refractivity (Wildman–Crippen MR) is 106 cm³/mol. The van der Waals surface area contributed by atoms with Crippen molar-refractivity contribution in [2.24, 2.45) is 4.99 Å². The van der Waals surface area contributed by atoms with Gasteiger partial charge in [0.2, 0.25) is 0 Å². The number of furan rings is 1. The first kappa shape index (κ1) is 15.5. The first-order valence-electron chi connectivity index (χ1n) is 8.56. The summed E-state index contributed by atoms with van der Waals surface area (Å²) in [5.41, 5.74) is 4.55. The van der Waals surface area contributed by atoms with Gasteiger partial charge in [0.25, 0.3) is 5.91 Å². The summed E-state index contributed by atoms with van der Waals surface area (Å²) in [6.07, 6.45) is 0. The molecule has 2 aliphatic heterocycles. The van der Waals surface area contributed by atoms with E-state index in [0.717, 1.165) is 51.7 Å². The van der Waals surface area contributed by atoms with Gasteiger partial charge in [-0.3, -0.25) is 9.79 Å². The number of thioether (sulfide) groups is 1. The van der Waals surface area contributed by atoms with Crippen LogP contribution in [0.5, 0.6) is 0 Å². The van der Waals surface area contributed by atoms with E-state index in [0.29, 0.717) is 5.76 Å². The standard InChI is InChI=1S/C20H17N3O2S/c1-11-4-3-5-14-12(2)18(25-17(11)14)19(24)22-13-6-7-16-15(10-13)23-9-8-21-20(23)26-16/h3-7,10H,8-9H2,1-2H3,(H,22,24). The third kappa shape index (κ3) is 2.25. The largest absolute Gasteiger partial charge is 0.450 e. The summed E-state index contributed by atoms with van der Waals surface area (Å²) in [5.74, 6) is 0.145. The molecule has 6 heteroatoms. The Bertz CT molecular complexity index is 1100. The van der Waals surface area contributed by atoms with Gasteiger partial charge in [0, 0.05) is 28.1 Å². The molecule has 0 spiro atoms. The number of aliphatic imine (C=N–C) groups is 1. The van der Waals surface area contributed by atoms with Crippen LogP contribution in [-0.2, 0) is 0 Å². The Kier molecular flexibility index (Phi) is 3.37.